The molecule has 1 heterocycles. The van der Waals surface area contributed by atoms with Crippen LogP contribution in [0.1, 0.15) is 41.6 Å². The van der Waals surface area contributed by atoms with E-state index in [1.807, 2.05) is 0 Å². The molecule has 214 valence electrons. The van der Waals surface area contributed by atoms with Crippen LogP contribution in [0.2, 0.25) is 0 Å². The van der Waals surface area contributed by atoms with E-state index < -0.39 is 54.1 Å². The minimum absolute atomic E-state index is 0.0629. The van der Waals surface area contributed by atoms with Crippen LogP contribution in [0.5, 0.6) is 0 Å². The fourth-order valence-electron chi connectivity index (χ4n) is 3.66. The standard InChI is InChI=1S/C26H34N8O6/c27-22(37)20(14-16-6-2-1-3-7-16)34-24(39)18(9-5-13-31-26(28)29)33-25(40)19(10-11-21(35)36)32-23(38)17-8-4-12-30-15-17/h1-4,6-8,12,15,18-20H,5,9-11,13-14H2,(H2,27,37)(H,32,38)(H,33,40)(H,34,39)(H,35,36)(H4,28,29,31)/t18-,19-,20-/m0/s1. The monoisotopic (exact) mass is 554 g/mol. The number of guanidine groups is 1. The first-order chi connectivity index (χ1) is 19.1. The third kappa shape index (κ3) is 11.2. The molecule has 0 fully saturated rings. The zero-order chi connectivity index (χ0) is 29.5. The van der Waals surface area contributed by atoms with E-state index in [0.29, 0.717) is 0 Å². The van der Waals surface area contributed by atoms with Crippen LogP contribution in [0.3, 0.4) is 0 Å². The van der Waals surface area contributed by atoms with Gasteiger partial charge in [0.1, 0.15) is 18.1 Å². The van der Waals surface area contributed by atoms with Gasteiger partial charge in [0.2, 0.25) is 17.7 Å². The van der Waals surface area contributed by atoms with Gasteiger partial charge in [0, 0.05) is 31.8 Å². The van der Waals surface area contributed by atoms with Crippen molar-refractivity contribution >= 4 is 35.6 Å². The molecule has 0 unspecified atom stereocenters. The van der Waals surface area contributed by atoms with E-state index in [-0.39, 0.29) is 43.8 Å². The van der Waals surface area contributed by atoms with Crippen LogP contribution in [-0.4, -0.2) is 70.3 Å². The van der Waals surface area contributed by atoms with E-state index in [1.165, 1.54) is 24.5 Å². The van der Waals surface area contributed by atoms with Gasteiger partial charge in [-0.3, -0.25) is 33.9 Å². The second-order valence-electron chi connectivity index (χ2n) is 8.86. The van der Waals surface area contributed by atoms with Gasteiger partial charge in [-0.2, -0.15) is 0 Å². The second-order valence-corrected chi connectivity index (χ2v) is 8.86. The molecule has 0 spiro atoms. The first-order valence-electron chi connectivity index (χ1n) is 12.5. The van der Waals surface area contributed by atoms with Crippen molar-refractivity contribution in [2.75, 3.05) is 6.54 Å². The summed E-state index contributed by atoms with van der Waals surface area (Å²) in [6.45, 7) is 0.158. The van der Waals surface area contributed by atoms with Gasteiger partial charge in [-0.25, -0.2) is 0 Å². The van der Waals surface area contributed by atoms with Crippen molar-refractivity contribution in [1.29, 1.82) is 0 Å². The number of pyridine rings is 1. The molecule has 2 rings (SSSR count). The van der Waals surface area contributed by atoms with Gasteiger partial charge >= 0.3 is 5.97 Å². The number of benzene rings is 1. The quantitative estimate of drug-likeness (QED) is 0.0746. The maximum atomic E-state index is 13.2. The lowest BCUT2D eigenvalue weighted by Crippen LogP contribution is -2.56. The highest BCUT2D eigenvalue weighted by Gasteiger charge is 2.29. The summed E-state index contributed by atoms with van der Waals surface area (Å²) in [7, 11) is 0. The number of rotatable bonds is 16. The van der Waals surface area contributed by atoms with Crippen molar-refractivity contribution in [2.24, 2.45) is 22.2 Å². The molecule has 1 aromatic heterocycles. The minimum Gasteiger partial charge on any atom is -0.481 e. The summed E-state index contributed by atoms with van der Waals surface area (Å²) in [4.78, 5) is 70.1. The fourth-order valence-corrected chi connectivity index (χ4v) is 3.66. The Hall–Kier alpha value is -5.01. The molecule has 1 aromatic carbocycles. The Labute approximate surface area is 230 Å². The number of carboxylic acid groups (broad SMARTS) is 1. The van der Waals surface area contributed by atoms with Crippen LogP contribution < -0.4 is 33.2 Å². The average molecular weight is 555 g/mol. The second kappa shape index (κ2) is 16.1. The molecule has 0 saturated carbocycles. The molecule has 40 heavy (non-hydrogen) atoms. The minimum atomic E-state index is -1.28. The molecule has 0 aliphatic heterocycles. The van der Waals surface area contributed by atoms with E-state index >= 15 is 0 Å². The van der Waals surface area contributed by atoms with Gasteiger partial charge in [0.15, 0.2) is 5.96 Å². The molecule has 0 aliphatic carbocycles. The third-order valence-corrected chi connectivity index (χ3v) is 5.71. The van der Waals surface area contributed by atoms with Gasteiger partial charge in [-0.15, -0.1) is 0 Å². The molecule has 3 atom stereocenters. The predicted molar refractivity (Wildman–Crippen MR) is 145 cm³/mol. The Morgan fingerprint density at radius 2 is 1.50 bits per heavy atom. The van der Waals surface area contributed by atoms with E-state index in [4.69, 9.17) is 22.3 Å². The maximum Gasteiger partial charge on any atom is 0.303 e. The number of aromatic nitrogens is 1. The van der Waals surface area contributed by atoms with E-state index in [0.717, 1.165) is 5.56 Å². The zero-order valence-electron chi connectivity index (χ0n) is 21.8. The molecule has 4 amide bonds. The van der Waals surface area contributed by atoms with Crippen LogP contribution in [0.25, 0.3) is 0 Å². The number of nitrogens with two attached hydrogens (primary N) is 3. The van der Waals surface area contributed by atoms with Gasteiger partial charge in [0.05, 0.1) is 5.56 Å². The van der Waals surface area contributed by atoms with Crippen molar-refractivity contribution in [3.63, 3.8) is 0 Å². The number of primary amides is 1. The number of nitrogens with zero attached hydrogens (tertiary/aromatic N) is 2. The third-order valence-electron chi connectivity index (χ3n) is 5.71. The van der Waals surface area contributed by atoms with Crippen LogP contribution in [-0.2, 0) is 25.6 Å². The first-order valence-corrected chi connectivity index (χ1v) is 12.5. The number of carboxylic acids is 1. The summed E-state index contributed by atoms with van der Waals surface area (Å²) in [5, 5.41) is 16.8. The number of nitrogens with one attached hydrogen (secondary N) is 3. The smallest absolute Gasteiger partial charge is 0.303 e. The zero-order valence-corrected chi connectivity index (χ0v) is 21.8. The van der Waals surface area contributed by atoms with Gasteiger partial charge in [0.25, 0.3) is 5.91 Å². The summed E-state index contributed by atoms with van der Waals surface area (Å²) >= 11 is 0. The number of carbonyl (C=O) groups excluding carboxylic acids is 4. The number of aliphatic carboxylic acids is 1. The van der Waals surface area contributed by atoms with Crippen molar-refractivity contribution in [3.05, 3.63) is 66.0 Å². The Kier molecular flexibility index (Phi) is 12.5. The van der Waals surface area contributed by atoms with Crippen LogP contribution in [0.4, 0.5) is 0 Å². The van der Waals surface area contributed by atoms with Crippen molar-refractivity contribution in [2.45, 2.75) is 50.2 Å². The Morgan fingerprint density at radius 3 is 2.08 bits per heavy atom. The molecular weight excluding hydrogens is 520 g/mol. The summed E-state index contributed by atoms with van der Waals surface area (Å²) in [6.07, 6.45) is 2.55. The topological polar surface area (TPSA) is 245 Å². The van der Waals surface area contributed by atoms with E-state index in [2.05, 4.69) is 25.9 Å². The number of aliphatic imine (C=N–C) groups is 1. The number of hydrogen-bond acceptors (Lipinski definition) is 7. The van der Waals surface area contributed by atoms with Crippen molar-refractivity contribution in [3.8, 4) is 0 Å². The normalized spacial score (nSPS) is 12.7. The van der Waals surface area contributed by atoms with Crippen molar-refractivity contribution in [1.82, 2.24) is 20.9 Å². The highest BCUT2D eigenvalue weighted by Crippen LogP contribution is 2.08. The molecule has 0 saturated heterocycles. The highest BCUT2D eigenvalue weighted by atomic mass is 16.4. The summed E-state index contributed by atoms with van der Waals surface area (Å²) in [5.41, 5.74) is 17.1. The molecule has 2 aromatic rings. The maximum absolute atomic E-state index is 13.2. The lowest BCUT2D eigenvalue weighted by Gasteiger charge is -2.24. The SMILES string of the molecule is NC(=O)[C@H](Cc1ccccc1)NC(=O)[C@H](CCCN=C(N)N)NC(=O)[C@H](CCC(=O)O)NC(=O)c1cccnc1. The molecule has 0 aliphatic rings. The fraction of sp³-hybridized carbons (Fsp3) is 0.346. The summed E-state index contributed by atoms with van der Waals surface area (Å²) < 4.78 is 0. The van der Waals surface area contributed by atoms with Gasteiger partial charge < -0.3 is 38.3 Å². The summed E-state index contributed by atoms with van der Waals surface area (Å²) in [5.74, 6) is -4.24. The molecule has 14 heteroatoms. The Morgan fingerprint density at radius 1 is 0.850 bits per heavy atom. The van der Waals surface area contributed by atoms with Gasteiger partial charge in [-0.05, 0) is 37.0 Å². The Balaban J connectivity index is 2.20. The number of amides is 4. The van der Waals surface area contributed by atoms with Crippen molar-refractivity contribution < 1.29 is 29.1 Å². The predicted octanol–water partition coefficient (Wildman–Crippen LogP) is -1.20. The van der Waals surface area contributed by atoms with Crippen LogP contribution in [0, 0.1) is 0 Å². The molecule has 0 bridgehead atoms. The van der Waals surface area contributed by atoms with E-state index in [9.17, 15) is 24.0 Å². The largest absolute Gasteiger partial charge is 0.481 e. The lowest BCUT2D eigenvalue weighted by molar-refractivity contribution is -0.137. The lowest BCUT2D eigenvalue weighted by atomic mass is 10.0. The molecule has 10 N–H and O–H groups in total. The van der Waals surface area contributed by atoms with E-state index in [1.54, 1.807) is 30.3 Å². The first kappa shape index (κ1) is 31.2. The highest BCUT2D eigenvalue weighted by molar-refractivity contribution is 5.98. The van der Waals surface area contributed by atoms with Gasteiger partial charge in [-0.1, -0.05) is 30.3 Å². The summed E-state index contributed by atoms with van der Waals surface area (Å²) in [6, 6.07) is 8.38. The molecular formula is C26H34N8O6. The Bertz CT molecular complexity index is 1190. The van der Waals surface area contributed by atoms with Crippen LogP contribution in [0.15, 0.2) is 59.9 Å². The van der Waals surface area contributed by atoms with Crippen LogP contribution >= 0.6 is 0 Å². The molecule has 14 nitrogen and oxygen atoms in total. The number of hydrogen-bond donors (Lipinski definition) is 7. The average Bonchev–Trinajstić information content (AvgIpc) is 2.92. The number of carbonyl (C=O) groups is 5. The molecule has 0 radical (unpaired) electrons.